The topological polar surface area (TPSA) is 75.4 Å². The average Bonchev–Trinajstić information content (AvgIpc) is 3.07. The fraction of sp³-hybridized carbons (Fsp3) is 0.471. The molecule has 1 aliphatic heterocycles. The first kappa shape index (κ1) is 17.1. The first-order valence-corrected chi connectivity index (χ1v) is 9.90. The van der Waals surface area contributed by atoms with Crippen LogP contribution >= 0.6 is 0 Å². The van der Waals surface area contributed by atoms with Gasteiger partial charge < -0.3 is 4.52 Å². The standard InChI is InChI=1S/C17H23N3O3S/c1-2-17(11-18-24(21,22)13-16-8-10-23-19-16)20-9-7-14-5-3-4-6-15(14)12-20/h3-6,8,10,17-18H,2,7,9,11-13H2,1H3/t17-/m1/s1. The SMILES string of the molecule is CC[C@H](CNS(=O)(=O)Cc1ccon1)N1CCc2ccccc2C1. The highest BCUT2D eigenvalue weighted by atomic mass is 32.2. The van der Waals surface area contributed by atoms with Gasteiger partial charge in [0.15, 0.2) is 0 Å². The molecule has 0 saturated heterocycles. The smallest absolute Gasteiger partial charge is 0.217 e. The molecule has 0 radical (unpaired) electrons. The number of sulfonamides is 1. The molecule has 0 bridgehead atoms. The molecule has 0 spiro atoms. The number of nitrogens with zero attached hydrogens (tertiary/aromatic N) is 2. The van der Waals surface area contributed by atoms with Crippen LogP contribution in [0.5, 0.6) is 0 Å². The minimum absolute atomic E-state index is 0.150. The van der Waals surface area contributed by atoms with E-state index in [2.05, 4.69) is 50.5 Å². The molecule has 0 amide bonds. The zero-order valence-corrected chi connectivity index (χ0v) is 14.6. The van der Waals surface area contributed by atoms with Crippen LogP contribution in [-0.2, 0) is 28.7 Å². The summed E-state index contributed by atoms with van der Waals surface area (Å²) in [5.74, 6) is -0.150. The normalized spacial score (nSPS) is 16.7. The molecule has 1 aromatic carbocycles. The number of benzene rings is 1. The Bertz CT molecular complexity index is 759. The van der Waals surface area contributed by atoms with Crippen molar-refractivity contribution >= 4 is 10.0 Å². The largest absolute Gasteiger partial charge is 0.364 e. The summed E-state index contributed by atoms with van der Waals surface area (Å²) in [6, 6.07) is 10.2. The molecule has 6 nitrogen and oxygen atoms in total. The van der Waals surface area contributed by atoms with Gasteiger partial charge in [-0.1, -0.05) is 36.3 Å². The molecule has 7 heteroatoms. The fourth-order valence-corrected chi connectivity index (χ4v) is 4.23. The van der Waals surface area contributed by atoms with Crippen molar-refractivity contribution in [2.45, 2.75) is 38.1 Å². The molecule has 0 unspecified atom stereocenters. The first-order chi connectivity index (χ1) is 11.6. The Kier molecular flexibility index (Phi) is 5.33. The molecule has 1 atom stereocenters. The number of nitrogens with one attached hydrogen (secondary N) is 1. The van der Waals surface area contributed by atoms with E-state index in [0.717, 1.165) is 25.9 Å². The molecule has 1 aliphatic rings. The highest BCUT2D eigenvalue weighted by molar-refractivity contribution is 7.88. The molecule has 2 aromatic rings. The molecule has 130 valence electrons. The maximum atomic E-state index is 12.2. The summed E-state index contributed by atoms with van der Waals surface area (Å²) in [7, 11) is -3.41. The first-order valence-electron chi connectivity index (χ1n) is 8.25. The molecular formula is C17H23N3O3S. The van der Waals surface area contributed by atoms with Gasteiger partial charge in [0.05, 0.1) is 5.69 Å². The summed E-state index contributed by atoms with van der Waals surface area (Å²) in [5.41, 5.74) is 3.16. The van der Waals surface area contributed by atoms with Crippen LogP contribution in [-0.4, -0.2) is 37.6 Å². The minimum Gasteiger partial charge on any atom is -0.364 e. The molecular weight excluding hydrogens is 326 g/mol. The van der Waals surface area contributed by atoms with E-state index in [1.165, 1.54) is 17.4 Å². The number of hydrogen-bond acceptors (Lipinski definition) is 5. The molecule has 3 rings (SSSR count). The lowest BCUT2D eigenvalue weighted by molar-refractivity contribution is 0.175. The number of aromatic nitrogens is 1. The second-order valence-electron chi connectivity index (χ2n) is 6.15. The third-order valence-electron chi connectivity index (χ3n) is 4.52. The molecule has 24 heavy (non-hydrogen) atoms. The van der Waals surface area contributed by atoms with Crippen molar-refractivity contribution in [3.05, 3.63) is 53.4 Å². The van der Waals surface area contributed by atoms with E-state index < -0.39 is 10.0 Å². The van der Waals surface area contributed by atoms with Crippen molar-refractivity contribution in [2.24, 2.45) is 0 Å². The summed E-state index contributed by atoms with van der Waals surface area (Å²) in [5, 5.41) is 3.66. The van der Waals surface area contributed by atoms with Crippen LogP contribution in [0.15, 0.2) is 41.1 Å². The Morgan fingerprint density at radius 1 is 1.29 bits per heavy atom. The fourth-order valence-electron chi connectivity index (χ4n) is 3.14. The molecule has 0 fully saturated rings. The zero-order chi connectivity index (χ0) is 17.0. The summed E-state index contributed by atoms with van der Waals surface area (Å²) in [4.78, 5) is 2.36. The van der Waals surface area contributed by atoms with Gasteiger partial charge in [-0.25, -0.2) is 13.1 Å². The van der Waals surface area contributed by atoms with Crippen molar-refractivity contribution in [1.82, 2.24) is 14.8 Å². The van der Waals surface area contributed by atoms with E-state index in [9.17, 15) is 8.42 Å². The van der Waals surface area contributed by atoms with E-state index in [4.69, 9.17) is 0 Å². The summed E-state index contributed by atoms with van der Waals surface area (Å²) in [6.45, 7) is 4.34. The summed E-state index contributed by atoms with van der Waals surface area (Å²) in [6.07, 6.45) is 3.29. The van der Waals surface area contributed by atoms with E-state index in [0.29, 0.717) is 12.2 Å². The monoisotopic (exact) mass is 349 g/mol. The average molecular weight is 349 g/mol. The van der Waals surface area contributed by atoms with Gasteiger partial charge >= 0.3 is 0 Å². The van der Waals surface area contributed by atoms with Crippen molar-refractivity contribution in [3.8, 4) is 0 Å². The Labute approximate surface area is 142 Å². The van der Waals surface area contributed by atoms with Crippen LogP contribution in [0.2, 0.25) is 0 Å². The van der Waals surface area contributed by atoms with Crippen LogP contribution in [0, 0.1) is 0 Å². The second-order valence-corrected chi connectivity index (χ2v) is 7.96. The van der Waals surface area contributed by atoms with Gasteiger partial charge in [-0.15, -0.1) is 0 Å². The van der Waals surface area contributed by atoms with Crippen LogP contribution in [0.1, 0.15) is 30.2 Å². The lowest BCUT2D eigenvalue weighted by Gasteiger charge is -2.35. The van der Waals surface area contributed by atoms with Gasteiger partial charge in [-0.05, 0) is 24.0 Å². The lowest BCUT2D eigenvalue weighted by atomic mass is 9.98. The third-order valence-corrected chi connectivity index (χ3v) is 5.80. The maximum Gasteiger partial charge on any atom is 0.217 e. The summed E-state index contributed by atoms with van der Waals surface area (Å²) >= 11 is 0. The predicted molar refractivity (Wildman–Crippen MR) is 91.8 cm³/mol. The van der Waals surface area contributed by atoms with Crippen molar-refractivity contribution in [1.29, 1.82) is 0 Å². The number of fused-ring (bicyclic) bond motifs is 1. The van der Waals surface area contributed by atoms with E-state index in [1.54, 1.807) is 6.07 Å². The molecule has 2 heterocycles. The third kappa shape index (κ3) is 4.23. The van der Waals surface area contributed by atoms with E-state index in [1.807, 2.05) is 0 Å². The maximum absolute atomic E-state index is 12.2. The van der Waals surface area contributed by atoms with E-state index in [-0.39, 0.29) is 11.8 Å². The Balaban J connectivity index is 1.59. The van der Waals surface area contributed by atoms with Crippen LogP contribution in [0.25, 0.3) is 0 Å². The highest BCUT2D eigenvalue weighted by Crippen LogP contribution is 2.21. The lowest BCUT2D eigenvalue weighted by Crippen LogP contribution is -2.45. The van der Waals surface area contributed by atoms with Gasteiger partial charge in [0, 0.05) is 31.7 Å². The molecule has 1 aromatic heterocycles. The number of hydrogen-bond donors (Lipinski definition) is 1. The van der Waals surface area contributed by atoms with Crippen LogP contribution < -0.4 is 4.72 Å². The van der Waals surface area contributed by atoms with Crippen molar-refractivity contribution < 1.29 is 12.9 Å². The minimum atomic E-state index is -3.41. The Morgan fingerprint density at radius 2 is 2.08 bits per heavy atom. The Morgan fingerprint density at radius 3 is 2.79 bits per heavy atom. The predicted octanol–water partition coefficient (Wildman–Crippen LogP) is 1.93. The zero-order valence-electron chi connectivity index (χ0n) is 13.8. The van der Waals surface area contributed by atoms with E-state index >= 15 is 0 Å². The Hall–Kier alpha value is -1.70. The molecule has 0 saturated carbocycles. The van der Waals surface area contributed by atoms with Gasteiger partial charge in [0.2, 0.25) is 10.0 Å². The quantitative estimate of drug-likeness (QED) is 0.827. The van der Waals surface area contributed by atoms with Gasteiger partial charge in [-0.3, -0.25) is 4.90 Å². The highest BCUT2D eigenvalue weighted by Gasteiger charge is 2.24. The van der Waals surface area contributed by atoms with Crippen LogP contribution in [0.3, 0.4) is 0 Å². The van der Waals surface area contributed by atoms with Gasteiger partial charge in [-0.2, -0.15) is 0 Å². The molecule has 1 N–H and O–H groups in total. The van der Waals surface area contributed by atoms with Crippen LogP contribution in [0.4, 0.5) is 0 Å². The van der Waals surface area contributed by atoms with Crippen molar-refractivity contribution in [3.63, 3.8) is 0 Å². The van der Waals surface area contributed by atoms with Gasteiger partial charge in [0.1, 0.15) is 12.0 Å². The van der Waals surface area contributed by atoms with Crippen molar-refractivity contribution in [2.75, 3.05) is 13.1 Å². The number of rotatable bonds is 7. The summed E-state index contributed by atoms with van der Waals surface area (Å²) < 4.78 is 31.8. The second kappa shape index (κ2) is 7.46. The van der Waals surface area contributed by atoms with Gasteiger partial charge in [0.25, 0.3) is 0 Å². The molecule has 0 aliphatic carbocycles.